The first-order valence-corrected chi connectivity index (χ1v) is 4.95. The van der Waals surface area contributed by atoms with E-state index in [0.29, 0.717) is 16.7 Å². The van der Waals surface area contributed by atoms with E-state index in [-0.39, 0.29) is 18.8 Å². The SMILES string of the molecule is CCOC(=O)c1cc(CO)cc(C)c1C#N. The molecular formula is C12H13NO3. The van der Waals surface area contributed by atoms with E-state index in [1.54, 1.807) is 19.9 Å². The molecule has 0 fully saturated rings. The van der Waals surface area contributed by atoms with Crippen LogP contribution in [0.2, 0.25) is 0 Å². The van der Waals surface area contributed by atoms with Crippen molar-refractivity contribution in [3.05, 3.63) is 34.4 Å². The van der Waals surface area contributed by atoms with Gasteiger partial charge in [0.15, 0.2) is 0 Å². The molecule has 1 aromatic carbocycles. The fraction of sp³-hybridized carbons (Fsp3) is 0.333. The van der Waals surface area contributed by atoms with Crippen LogP contribution in [-0.2, 0) is 11.3 Å². The number of esters is 1. The molecule has 0 radical (unpaired) electrons. The van der Waals surface area contributed by atoms with E-state index < -0.39 is 5.97 Å². The summed E-state index contributed by atoms with van der Waals surface area (Å²) in [6.07, 6.45) is 0. The van der Waals surface area contributed by atoms with Crippen molar-refractivity contribution in [2.45, 2.75) is 20.5 Å². The molecule has 0 saturated carbocycles. The Morgan fingerprint density at radius 2 is 2.25 bits per heavy atom. The lowest BCUT2D eigenvalue weighted by molar-refractivity contribution is 0.0525. The van der Waals surface area contributed by atoms with Crippen molar-refractivity contribution in [1.29, 1.82) is 5.26 Å². The second-order valence-corrected chi connectivity index (χ2v) is 3.33. The van der Waals surface area contributed by atoms with Crippen LogP contribution in [-0.4, -0.2) is 17.7 Å². The third-order valence-corrected chi connectivity index (χ3v) is 2.19. The first-order valence-electron chi connectivity index (χ1n) is 4.95. The summed E-state index contributed by atoms with van der Waals surface area (Å²) < 4.78 is 4.85. The minimum atomic E-state index is -0.530. The van der Waals surface area contributed by atoms with E-state index in [1.807, 2.05) is 6.07 Å². The van der Waals surface area contributed by atoms with Crippen LogP contribution in [0, 0.1) is 18.3 Å². The van der Waals surface area contributed by atoms with Gasteiger partial charge in [0.25, 0.3) is 0 Å². The van der Waals surface area contributed by atoms with Gasteiger partial charge in [-0.3, -0.25) is 0 Å². The maximum Gasteiger partial charge on any atom is 0.339 e. The van der Waals surface area contributed by atoms with E-state index in [9.17, 15) is 4.79 Å². The van der Waals surface area contributed by atoms with E-state index in [4.69, 9.17) is 15.1 Å². The van der Waals surface area contributed by atoms with Crippen LogP contribution in [0.5, 0.6) is 0 Å². The molecule has 1 aromatic rings. The van der Waals surface area contributed by atoms with E-state index >= 15 is 0 Å². The molecule has 0 heterocycles. The number of carbonyl (C=O) groups is 1. The van der Waals surface area contributed by atoms with Crippen LogP contribution in [0.25, 0.3) is 0 Å². The van der Waals surface area contributed by atoms with Crippen LogP contribution in [0.1, 0.15) is 34.0 Å². The van der Waals surface area contributed by atoms with Crippen molar-refractivity contribution in [3.63, 3.8) is 0 Å². The van der Waals surface area contributed by atoms with Crippen LogP contribution < -0.4 is 0 Å². The summed E-state index contributed by atoms with van der Waals surface area (Å²) in [5.74, 6) is -0.530. The number of rotatable bonds is 3. The molecule has 0 aromatic heterocycles. The standard InChI is InChI=1S/C12H13NO3/c1-3-16-12(15)10-5-9(7-14)4-8(2)11(10)6-13/h4-5,14H,3,7H2,1-2H3. The summed E-state index contributed by atoms with van der Waals surface area (Å²) in [6.45, 7) is 3.51. The summed E-state index contributed by atoms with van der Waals surface area (Å²) >= 11 is 0. The second kappa shape index (κ2) is 5.29. The molecule has 0 aliphatic carbocycles. The molecule has 0 spiro atoms. The normalized spacial score (nSPS) is 9.62. The minimum absolute atomic E-state index is 0.168. The van der Waals surface area contributed by atoms with Gasteiger partial charge in [0.05, 0.1) is 24.3 Å². The van der Waals surface area contributed by atoms with Gasteiger partial charge in [-0.1, -0.05) is 6.07 Å². The summed E-state index contributed by atoms with van der Waals surface area (Å²) in [4.78, 5) is 11.6. The Balaban J connectivity index is 3.29. The Labute approximate surface area is 94.1 Å². The van der Waals surface area contributed by atoms with Crippen molar-refractivity contribution in [3.8, 4) is 6.07 Å². The number of ether oxygens (including phenoxy) is 1. The molecule has 4 heteroatoms. The average Bonchev–Trinajstić information content (AvgIpc) is 2.28. The number of aliphatic hydroxyl groups excluding tert-OH is 1. The highest BCUT2D eigenvalue weighted by atomic mass is 16.5. The highest BCUT2D eigenvalue weighted by molar-refractivity contribution is 5.93. The lowest BCUT2D eigenvalue weighted by atomic mass is 9.99. The van der Waals surface area contributed by atoms with Crippen LogP contribution >= 0.6 is 0 Å². The number of aryl methyl sites for hydroxylation is 1. The fourth-order valence-corrected chi connectivity index (χ4v) is 1.47. The second-order valence-electron chi connectivity index (χ2n) is 3.33. The molecule has 0 amide bonds. The zero-order valence-electron chi connectivity index (χ0n) is 9.28. The first-order chi connectivity index (χ1) is 7.63. The van der Waals surface area contributed by atoms with Gasteiger partial charge in [0.1, 0.15) is 6.07 Å². The molecule has 0 atom stereocenters. The van der Waals surface area contributed by atoms with Crippen molar-refractivity contribution in [2.75, 3.05) is 6.61 Å². The predicted octanol–water partition coefficient (Wildman–Crippen LogP) is 1.54. The zero-order valence-corrected chi connectivity index (χ0v) is 9.28. The van der Waals surface area contributed by atoms with E-state index in [2.05, 4.69) is 0 Å². The van der Waals surface area contributed by atoms with Crippen molar-refractivity contribution < 1.29 is 14.6 Å². The highest BCUT2D eigenvalue weighted by Crippen LogP contribution is 2.17. The minimum Gasteiger partial charge on any atom is -0.462 e. The van der Waals surface area contributed by atoms with Gasteiger partial charge in [-0.05, 0) is 31.0 Å². The van der Waals surface area contributed by atoms with Gasteiger partial charge in [0, 0.05) is 0 Å². The molecular weight excluding hydrogens is 206 g/mol. The molecule has 16 heavy (non-hydrogen) atoms. The zero-order chi connectivity index (χ0) is 12.1. The summed E-state index contributed by atoms with van der Waals surface area (Å²) in [5.41, 5.74) is 1.78. The molecule has 0 saturated heterocycles. The van der Waals surface area contributed by atoms with Crippen LogP contribution in [0.3, 0.4) is 0 Å². The number of hydrogen-bond acceptors (Lipinski definition) is 4. The largest absolute Gasteiger partial charge is 0.462 e. The summed E-state index contributed by atoms with van der Waals surface area (Å²) in [6, 6.07) is 5.14. The molecule has 0 aliphatic heterocycles. The number of aliphatic hydroxyl groups is 1. The predicted molar refractivity (Wildman–Crippen MR) is 57.8 cm³/mol. The monoisotopic (exact) mass is 219 g/mol. The molecule has 0 bridgehead atoms. The van der Waals surface area contributed by atoms with Crippen LogP contribution in [0.15, 0.2) is 12.1 Å². The highest BCUT2D eigenvalue weighted by Gasteiger charge is 2.15. The average molecular weight is 219 g/mol. The number of benzene rings is 1. The Hall–Kier alpha value is -1.86. The third kappa shape index (κ3) is 2.38. The third-order valence-electron chi connectivity index (χ3n) is 2.19. The molecule has 0 unspecified atom stereocenters. The number of hydrogen-bond donors (Lipinski definition) is 1. The lowest BCUT2D eigenvalue weighted by Gasteiger charge is -2.08. The maximum atomic E-state index is 11.6. The van der Waals surface area contributed by atoms with Crippen molar-refractivity contribution in [2.24, 2.45) is 0 Å². The Morgan fingerprint density at radius 3 is 2.75 bits per heavy atom. The maximum absolute atomic E-state index is 11.6. The molecule has 4 nitrogen and oxygen atoms in total. The van der Waals surface area contributed by atoms with Crippen molar-refractivity contribution >= 4 is 5.97 Å². The Kier molecular flexibility index (Phi) is 4.03. The van der Waals surface area contributed by atoms with Crippen LogP contribution in [0.4, 0.5) is 0 Å². The molecule has 1 rings (SSSR count). The van der Waals surface area contributed by atoms with E-state index in [1.165, 1.54) is 6.07 Å². The number of carbonyl (C=O) groups excluding carboxylic acids is 1. The Bertz CT molecular complexity index is 446. The molecule has 1 N–H and O–H groups in total. The van der Waals surface area contributed by atoms with Gasteiger partial charge in [-0.2, -0.15) is 5.26 Å². The van der Waals surface area contributed by atoms with E-state index in [0.717, 1.165) is 0 Å². The van der Waals surface area contributed by atoms with Gasteiger partial charge in [0.2, 0.25) is 0 Å². The Morgan fingerprint density at radius 1 is 1.56 bits per heavy atom. The molecule has 84 valence electrons. The number of nitrogens with zero attached hydrogens (tertiary/aromatic N) is 1. The van der Waals surface area contributed by atoms with Gasteiger partial charge >= 0.3 is 5.97 Å². The van der Waals surface area contributed by atoms with Crippen molar-refractivity contribution in [1.82, 2.24) is 0 Å². The first kappa shape index (κ1) is 12.2. The fourth-order valence-electron chi connectivity index (χ4n) is 1.47. The summed E-state index contributed by atoms with van der Waals surface area (Å²) in [7, 11) is 0. The summed E-state index contributed by atoms with van der Waals surface area (Å²) in [5, 5.41) is 18.0. The van der Waals surface area contributed by atoms with Gasteiger partial charge in [-0.25, -0.2) is 4.79 Å². The smallest absolute Gasteiger partial charge is 0.339 e. The quantitative estimate of drug-likeness (QED) is 0.783. The number of nitriles is 1. The topological polar surface area (TPSA) is 70.3 Å². The lowest BCUT2D eigenvalue weighted by Crippen LogP contribution is -2.09. The van der Waals surface area contributed by atoms with Gasteiger partial charge in [-0.15, -0.1) is 0 Å². The van der Waals surface area contributed by atoms with Gasteiger partial charge < -0.3 is 9.84 Å². The molecule has 0 aliphatic rings.